The molecule has 0 atom stereocenters. The fourth-order valence-electron chi connectivity index (χ4n) is 3.12. The molecule has 1 aliphatic heterocycles. The first-order chi connectivity index (χ1) is 10.8. The lowest BCUT2D eigenvalue weighted by Crippen LogP contribution is -2.34. The average molecular weight is 293 g/mol. The molecular weight excluding hydrogens is 274 g/mol. The number of nitrogen functional groups attached to an aromatic ring is 1. The molecule has 0 spiro atoms. The predicted octanol–water partition coefficient (Wildman–Crippen LogP) is 3.19. The van der Waals surface area contributed by atoms with Gasteiger partial charge in [0, 0.05) is 35.4 Å². The number of para-hydroxylation sites is 1. The largest absolute Gasteiger partial charge is 0.489 e. The molecule has 112 valence electrons. The third-order valence-electron chi connectivity index (χ3n) is 4.27. The number of aromatic nitrogens is 1. The van der Waals surface area contributed by atoms with E-state index in [1.54, 1.807) is 0 Å². The summed E-state index contributed by atoms with van der Waals surface area (Å²) in [5, 5.41) is 1.31. The molecule has 0 aliphatic carbocycles. The molecule has 0 saturated carbocycles. The second-order valence-electron chi connectivity index (χ2n) is 5.67. The average Bonchev–Trinajstić information content (AvgIpc) is 2.96. The number of ether oxygens (including phenoxy) is 1. The molecule has 4 rings (SSSR count). The van der Waals surface area contributed by atoms with Crippen molar-refractivity contribution in [2.24, 2.45) is 0 Å². The molecule has 2 aromatic carbocycles. The molecule has 2 heterocycles. The van der Waals surface area contributed by atoms with E-state index in [1.807, 2.05) is 12.1 Å². The smallest absolute Gasteiger partial charge is 0.144 e. The van der Waals surface area contributed by atoms with E-state index in [-0.39, 0.29) is 0 Å². The minimum absolute atomic E-state index is 0.713. The van der Waals surface area contributed by atoms with Gasteiger partial charge in [0.25, 0.3) is 0 Å². The first-order valence-electron chi connectivity index (χ1n) is 7.63. The van der Waals surface area contributed by atoms with Crippen molar-refractivity contribution in [1.29, 1.82) is 0 Å². The minimum atomic E-state index is 0.713. The fraction of sp³-hybridized carbons (Fsp3) is 0.222. The molecule has 1 aromatic heterocycles. The summed E-state index contributed by atoms with van der Waals surface area (Å²) < 4.78 is 5.71. The molecule has 3 N–H and O–H groups in total. The summed E-state index contributed by atoms with van der Waals surface area (Å²) in [6.45, 7) is 2.60. The Morgan fingerprint density at radius 2 is 2.09 bits per heavy atom. The van der Waals surface area contributed by atoms with Gasteiger partial charge in [0.05, 0.1) is 12.2 Å². The number of anilines is 2. The Hall–Kier alpha value is -2.62. The molecule has 0 unspecified atom stereocenters. The van der Waals surface area contributed by atoms with Gasteiger partial charge in [-0.3, -0.25) is 0 Å². The Morgan fingerprint density at radius 3 is 3.05 bits per heavy atom. The van der Waals surface area contributed by atoms with Crippen LogP contribution >= 0.6 is 0 Å². The SMILES string of the molecule is Nc1ccc2c(c1)OCCN2CCc1c[nH]c2ccccc12. The van der Waals surface area contributed by atoms with Gasteiger partial charge in [0.1, 0.15) is 12.4 Å². The lowest BCUT2D eigenvalue weighted by Gasteiger charge is -2.31. The molecule has 0 bridgehead atoms. The van der Waals surface area contributed by atoms with Crippen LogP contribution in [0.2, 0.25) is 0 Å². The maximum atomic E-state index is 5.84. The van der Waals surface area contributed by atoms with Crippen LogP contribution in [0.4, 0.5) is 11.4 Å². The number of nitrogens with one attached hydrogen (secondary N) is 1. The highest BCUT2D eigenvalue weighted by atomic mass is 16.5. The maximum Gasteiger partial charge on any atom is 0.144 e. The van der Waals surface area contributed by atoms with E-state index in [4.69, 9.17) is 10.5 Å². The zero-order chi connectivity index (χ0) is 14.9. The lowest BCUT2D eigenvalue weighted by molar-refractivity contribution is 0.308. The van der Waals surface area contributed by atoms with E-state index in [9.17, 15) is 0 Å². The second kappa shape index (κ2) is 5.30. The maximum absolute atomic E-state index is 5.84. The van der Waals surface area contributed by atoms with Crippen LogP contribution < -0.4 is 15.4 Å². The van der Waals surface area contributed by atoms with Crippen molar-refractivity contribution in [1.82, 2.24) is 4.98 Å². The zero-order valence-electron chi connectivity index (χ0n) is 12.4. The highest BCUT2D eigenvalue weighted by Gasteiger charge is 2.18. The zero-order valence-corrected chi connectivity index (χ0v) is 12.4. The van der Waals surface area contributed by atoms with Gasteiger partial charge in [-0.25, -0.2) is 0 Å². The van der Waals surface area contributed by atoms with Gasteiger partial charge in [0.2, 0.25) is 0 Å². The number of benzene rings is 2. The number of aromatic amines is 1. The summed E-state index contributed by atoms with van der Waals surface area (Å²) >= 11 is 0. The van der Waals surface area contributed by atoms with Crippen LogP contribution in [-0.2, 0) is 6.42 Å². The molecule has 0 amide bonds. The summed E-state index contributed by atoms with van der Waals surface area (Å²) in [6, 6.07) is 14.3. The van der Waals surface area contributed by atoms with Crippen molar-refractivity contribution >= 4 is 22.3 Å². The molecule has 1 aliphatic rings. The van der Waals surface area contributed by atoms with Crippen molar-refractivity contribution in [2.75, 3.05) is 30.3 Å². The van der Waals surface area contributed by atoms with Crippen LogP contribution in [0.3, 0.4) is 0 Å². The van der Waals surface area contributed by atoms with E-state index < -0.39 is 0 Å². The number of H-pyrrole nitrogens is 1. The molecule has 3 aromatic rings. The highest BCUT2D eigenvalue weighted by molar-refractivity contribution is 5.83. The van der Waals surface area contributed by atoms with Crippen LogP contribution in [0, 0.1) is 0 Å². The molecule has 22 heavy (non-hydrogen) atoms. The number of nitrogens with zero attached hydrogens (tertiary/aromatic N) is 1. The van der Waals surface area contributed by atoms with Crippen LogP contribution in [-0.4, -0.2) is 24.7 Å². The number of hydrogen-bond acceptors (Lipinski definition) is 3. The Bertz CT molecular complexity index is 809. The molecule has 4 heteroatoms. The predicted molar refractivity (Wildman–Crippen MR) is 90.6 cm³/mol. The van der Waals surface area contributed by atoms with Gasteiger partial charge in [-0.15, -0.1) is 0 Å². The molecule has 0 fully saturated rings. The Balaban J connectivity index is 1.55. The first kappa shape index (κ1) is 13.1. The van der Waals surface area contributed by atoms with Crippen molar-refractivity contribution in [2.45, 2.75) is 6.42 Å². The highest BCUT2D eigenvalue weighted by Crippen LogP contribution is 2.33. The Kier molecular flexibility index (Phi) is 3.15. The van der Waals surface area contributed by atoms with E-state index in [0.29, 0.717) is 6.61 Å². The topological polar surface area (TPSA) is 54.3 Å². The van der Waals surface area contributed by atoms with Gasteiger partial charge >= 0.3 is 0 Å². The minimum Gasteiger partial charge on any atom is -0.489 e. The molecular formula is C18H19N3O. The second-order valence-corrected chi connectivity index (χ2v) is 5.67. The van der Waals surface area contributed by atoms with Crippen molar-refractivity contribution in [3.8, 4) is 5.75 Å². The van der Waals surface area contributed by atoms with Gasteiger partial charge in [-0.05, 0) is 30.2 Å². The number of nitrogens with two attached hydrogens (primary N) is 1. The van der Waals surface area contributed by atoms with Gasteiger partial charge in [-0.1, -0.05) is 18.2 Å². The lowest BCUT2D eigenvalue weighted by atomic mass is 10.1. The van der Waals surface area contributed by atoms with Gasteiger partial charge in [0.15, 0.2) is 0 Å². The van der Waals surface area contributed by atoms with Crippen molar-refractivity contribution in [3.05, 3.63) is 54.2 Å². The molecule has 0 saturated heterocycles. The van der Waals surface area contributed by atoms with E-state index in [0.717, 1.165) is 36.6 Å². The summed E-state index contributed by atoms with van der Waals surface area (Å²) in [4.78, 5) is 5.72. The quantitative estimate of drug-likeness (QED) is 0.729. The Labute approximate surface area is 129 Å². The van der Waals surface area contributed by atoms with Crippen molar-refractivity contribution in [3.63, 3.8) is 0 Å². The van der Waals surface area contributed by atoms with Crippen LogP contribution in [0.1, 0.15) is 5.56 Å². The summed E-state index contributed by atoms with van der Waals surface area (Å²) in [7, 11) is 0. The normalized spacial score (nSPS) is 13.9. The third-order valence-corrected chi connectivity index (χ3v) is 4.27. The third kappa shape index (κ3) is 2.26. The van der Waals surface area contributed by atoms with E-state index in [1.165, 1.54) is 16.5 Å². The first-order valence-corrected chi connectivity index (χ1v) is 7.63. The molecule has 4 nitrogen and oxygen atoms in total. The van der Waals surface area contributed by atoms with E-state index >= 15 is 0 Å². The van der Waals surface area contributed by atoms with E-state index in [2.05, 4.69) is 46.4 Å². The van der Waals surface area contributed by atoms with Gasteiger partial charge in [-0.2, -0.15) is 0 Å². The summed E-state index contributed by atoms with van der Waals surface area (Å²) in [5.74, 6) is 0.894. The summed E-state index contributed by atoms with van der Waals surface area (Å²) in [5.41, 5.74) is 10.3. The standard InChI is InChI=1S/C18H19N3O/c19-14-5-6-17-18(11-14)22-10-9-21(17)8-7-13-12-20-16-4-2-1-3-15(13)16/h1-6,11-12,20H,7-10,19H2. The van der Waals surface area contributed by atoms with Crippen LogP contribution in [0.15, 0.2) is 48.7 Å². The number of fused-ring (bicyclic) bond motifs is 2. The number of rotatable bonds is 3. The monoisotopic (exact) mass is 293 g/mol. The molecule has 0 radical (unpaired) electrons. The van der Waals surface area contributed by atoms with Crippen LogP contribution in [0.5, 0.6) is 5.75 Å². The van der Waals surface area contributed by atoms with Crippen molar-refractivity contribution < 1.29 is 4.74 Å². The Morgan fingerprint density at radius 1 is 1.18 bits per heavy atom. The number of hydrogen-bond donors (Lipinski definition) is 2. The fourth-order valence-corrected chi connectivity index (χ4v) is 3.12. The summed E-state index contributed by atoms with van der Waals surface area (Å²) in [6.07, 6.45) is 3.13. The van der Waals surface area contributed by atoms with Crippen LogP contribution in [0.25, 0.3) is 10.9 Å². The van der Waals surface area contributed by atoms with Gasteiger partial charge < -0.3 is 20.4 Å².